The van der Waals surface area contributed by atoms with Crippen molar-refractivity contribution in [1.82, 2.24) is 14.9 Å². The van der Waals surface area contributed by atoms with Gasteiger partial charge in [0.2, 0.25) is 5.82 Å². The van der Waals surface area contributed by atoms with Gasteiger partial charge in [-0.3, -0.25) is 9.78 Å². The van der Waals surface area contributed by atoms with Crippen LogP contribution in [0.25, 0.3) is 0 Å². The standard InChI is InChI=1S/C14H24FN3O6Si/c1-5-11(25(22-6-2,23-7-3)24-8-4)16-13(20)18-9-10(15)12(19)17-14(18)21/h9,11H,5-8H2,1-4H3,(H,16,20)(H,17,19,21). The van der Waals surface area contributed by atoms with E-state index in [1.165, 1.54) is 0 Å². The van der Waals surface area contributed by atoms with Gasteiger partial charge in [0.25, 0.3) is 5.56 Å². The largest absolute Gasteiger partial charge is 0.524 e. The predicted octanol–water partition coefficient (Wildman–Crippen LogP) is 0.600. The molecule has 0 spiro atoms. The molecule has 0 radical (unpaired) electrons. The summed E-state index contributed by atoms with van der Waals surface area (Å²) in [5, 5.41) is 2.59. The van der Waals surface area contributed by atoms with Gasteiger partial charge in [-0.25, -0.2) is 14.2 Å². The van der Waals surface area contributed by atoms with Gasteiger partial charge >= 0.3 is 20.5 Å². The first-order chi connectivity index (χ1) is 11.8. The lowest BCUT2D eigenvalue weighted by molar-refractivity contribution is 0.0583. The molecule has 25 heavy (non-hydrogen) atoms. The van der Waals surface area contributed by atoms with Gasteiger partial charge in [0.05, 0.1) is 6.20 Å². The maximum Gasteiger partial charge on any atom is 0.524 e. The monoisotopic (exact) mass is 377 g/mol. The second-order valence-electron chi connectivity index (χ2n) is 4.92. The van der Waals surface area contributed by atoms with E-state index in [0.29, 0.717) is 37.0 Å². The quantitative estimate of drug-likeness (QED) is 0.610. The Kier molecular flexibility index (Phi) is 8.15. The van der Waals surface area contributed by atoms with E-state index in [1.807, 2.05) is 0 Å². The van der Waals surface area contributed by atoms with Crippen LogP contribution in [0.3, 0.4) is 0 Å². The lowest BCUT2D eigenvalue weighted by atomic mass is 10.5. The summed E-state index contributed by atoms with van der Waals surface area (Å²) >= 11 is 0. The maximum atomic E-state index is 13.4. The van der Waals surface area contributed by atoms with Crippen molar-refractivity contribution in [2.24, 2.45) is 0 Å². The highest BCUT2D eigenvalue weighted by Gasteiger charge is 2.49. The summed E-state index contributed by atoms with van der Waals surface area (Å²) in [6.45, 7) is 8.05. The Labute approximate surface area is 145 Å². The molecule has 0 bridgehead atoms. The number of hydrogen-bond donors (Lipinski definition) is 2. The Balaban J connectivity index is 3.17. The molecule has 0 saturated heterocycles. The van der Waals surface area contributed by atoms with Crippen LogP contribution in [0.15, 0.2) is 15.8 Å². The molecule has 1 rings (SSSR count). The first-order valence-corrected chi connectivity index (χ1v) is 9.89. The fourth-order valence-electron chi connectivity index (χ4n) is 2.29. The Bertz CT molecular complexity index is 675. The summed E-state index contributed by atoms with van der Waals surface area (Å²) in [4.78, 5) is 36.9. The van der Waals surface area contributed by atoms with E-state index in [2.05, 4.69) is 5.32 Å². The van der Waals surface area contributed by atoms with Crippen LogP contribution in [-0.4, -0.2) is 49.9 Å². The third-order valence-corrected chi connectivity index (χ3v) is 6.77. The van der Waals surface area contributed by atoms with Crippen molar-refractivity contribution in [2.45, 2.75) is 39.8 Å². The van der Waals surface area contributed by atoms with E-state index in [1.54, 1.807) is 32.7 Å². The van der Waals surface area contributed by atoms with Crippen LogP contribution in [0.4, 0.5) is 9.18 Å². The zero-order valence-electron chi connectivity index (χ0n) is 14.8. The van der Waals surface area contributed by atoms with Gasteiger partial charge in [-0.05, 0) is 27.2 Å². The van der Waals surface area contributed by atoms with Crippen LogP contribution < -0.4 is 16.6 Å². The van der Waals surface area contributed by atoms with Crippen molar-refractivity contribution in [2.75, 3.05) is 19.8 Å². The highest BCUT2D eigenvalue weighted by atomic mass is 28.4. The number of aromatic amines is 1. The molecule has 1 aromatic heterocycles. The van der Waals surface area contributed by atoms with Crippen molar-refractivity contribution < 1.29 is 22.5 Å². The molecule has 1 unspecified atom stereocenters. The van der Waals surface area contributed by atoms with Gasteiger partial charge in [-0.2, -0.15) is 4.39 Å². The Hall–Kier alpha value is -1.82. The number of nitrogens with zero attached hydrogens (tertiary/aromatic N) is 1. The van der Waals surface area contributed by atoms with E-state index >= 15 is 0 Å². The summed E-state index contributed by atoms with van der Waals surface area (Å²) in [6, 6.07) is -0.914. The lowest BCUT2D eigenvalue weighted by Gasteiger charge is -2.35. The Morgan fingerprint density at radius 2 is 1.72 bits per heavy atom. The normalized spacial score (nSPS) is 12.8. The van der Waals surface area contributed by atoms with Crippen molar-refractivity contribution in [3.8, 4) is 0 Å². The minimum absolute atomic E-state index is 0.311. The molecular weight excluding hydrogens is 353 g/mol. The van der Waals surface area contributed by atoms with E-state index < -0.39 is 37.6 Å². The average Bonchev–Trinajstić information content (AvgIpc) is 2.56. The molecule has 1 atom stereocenters. The zero-order valence-corrected chi connectivity index (χ0v) is 15.8. The molecule has 0 aromatic carbocycles. The lowest BCUT2D eigenvalue weighted by Crippen LogP contribution is -2.63. The molecule has 2 N–H and O–H groups in total. The summed E-state index contributed by atoms with van der Waals surface area (Å²) in [5.74, 6) is -1.24. The maximum absolute atomic E-state index is 13.4. The predicted molar refractivity (Wildman–Crippen MR) is 89.9 cm³/mol. The molecule has 1 heterocycles. The van der Waals surface area contributed by atoms with E-state index in [9.17, 15) is 18.8 Å². The van der Waals surface area contributed by atoms with Crippen LogP contribution in [0, 0.1) is 5.82 Å². The first kappa shape index (κ1) is 21.2. The van der Waals surface area contributed by atoms with Crippen molar-refractivity contribution in [1.29, 1.82) is 0 Å². The van der Waals surface area contributed by atoms with Crippen molar-refractivity contribution >= 4 is 14.8 Å². The van der Waals surface area contributed by atoms with Gasteiger partial charge in [0.1, 0.15) is 5.67 Å². The Morgan fingerprint density at radius 3 is 2.16 bits per heavy atom. The third-order valence-electron chi connectivity index (χ3n) is 3.29. The molecule has 0 aliphatic carbocycles. The van der Waals surface area contributed by atoms with Crippen LogP contribution in [0.2, 0.25) is 0 Å². The van der Waals surface area contributed by atoms with E-state index in [-0.39, 0.29) is 0 Å². The molecule has 0 aliphatic rings. The molecule has 0 saturated carbocycles. The third kappa shape index (κ3) is 5.08. The zero-order chi connectivity index (χ0) is 19.0. The smallest absolute Gasteiger partial charge is 0.373 e. The minimum atomic E-state index is -3.28. The highest BCUT2D eigenvalue weighted by Crippen LogP contribution is 2.18. The molecular formula is C14H24FN3O6Si. The highest BCUT2D eigenvalue weighted by molar-refractivity contribution is 6.62. The topological polar surface area (TPSA) is 112 Å². The van der Waals surface area contributed by atoms with Crippen LogP contribution in [0.1, 0.15) is 34.1 Å². The van der Waals surface area contributed by atoms with Crippen LogP contribution >= 0.6 is 0 Å². The molecule has 142 valence electrons. The average molecular weight is 377 g/mol. The number of nitrogens with one attached hydrogen (secondary N) is 2. The number of carbonyl (C=O) groups is 1. The Morgan fingerprint density at radius 1 is 1.20 bits per heavy atom. The van der Waals surface area contributed by atoms with Crippen molar-refractivity contribution in [3.05, 3.63) is 32.9 Å². The minimum Gasteiger partial charge on any atom is -0.373 e. The number of aromatic nitrogens is 2. The van der Waals surface area contributed by atoms with E-state index in [0.717, 1.165) is 0 Å². The van der Waals surface area contributed by atoms with Gasteiger partial charge in [-0.1, -0.05) is 6.92 Å². The fraction of sp³-hybridized carbons (Fsp3) is 0.643. The number of amides is 1. The summed E-state index contributed by atoms with van der Waals surface area (Å²) in [5.41, 5.74) is -2.89. The number of H-pyrrole nitrogens is 1. The molecule has 1 amide bonds. The fourth-order valence-corrected chi connectivity index (χ4v) is 5.15. The first-order valence-electron chi connectivity index (χ1n) is 8.09. The van der Waals surface area contributed by atoms with Gasteiger partial charge < -0.3 is 18.6 Å². The van der Waals surface area contributed by atoms with Gasteiger partial charge in [-0.15, -0.1) is 0 Å². The number of carbonyl (C=O) groups excluding carboxylic acids is 1. The summed E-state index contributed by atoms with van der Waals surface area (Å²) in [6.07, 6.45) is 0.938. The second-order valence-corrected chi connectivity index (χ2v) is 7.69. The molecule has 0 fully saturated rings. The summed E-state index contributed by atoms with van der Waals surface area (Å²) in [7, 11) is -3.28. The number of rotatable bonds is 9. The number of hydrogen-bond acceptors (Lipinski definition) is 6. The second kappa shape index (κ2) is 9.61. The molecule has 9 nitrogen and oxygen atoms in total. The van der Waals surface area contributed by atoms with Gasteiger partial charge in [0, 0.05) is 19.8 Å². The molecule has 11 heteroatoms. The van der Waals surface area contributed by atoms with Crippen molar-refractivity contribution in [3.63, 3.8) is 0 Å². The summed E-state index contributed by atoms with van der Waals surface area (Å²) < 4.78 is 31.0. The SMILES string of the molecule is CCO[Si](OCC)(OCC)C(CC)NC(=O)n1cc(F)c(=O)[nH]c1=O. The number of halogens is 1. The van der Waals surface area contributed by atoms with Crippen LogP contribution in [-0.2, 0) is 13.3 Å². The molecule has 1 aromatic rings. The molecule has 0 aliphatic heterocycles. The van der Waals surface area contributed by atoms with Crippen LogP contribution in [0.5, 0.6) is 0 Å². The van der Waals surface area contributed by atoms with Gasteiger partial charge in [0.15, 0.2) is 0 Å². The van der Waals surface area contributed by atoms with E-state index in [4.69, 9.17) is 13.3 Å².